The van der Waals surface area contributed by atoms with Crippen molar-refractivity contribution in [1.82, 2.24) is 20.8 Å². The van der Waals surface area contributed by atoms with Gasteiger partial charge in [-0.1, -0.05) is 41.6 Å². The number of nitrogens with one attached hydrogen (secondary N) is 2. The van der Waals surface area contributed by atoms with Crippen molar-refractivity contribution in [1.29, 1.82) is 0 Å². The number of halogens is 1. The third-order valence-corrected chi connectivity index (χ3v) is 3.32. The van der Waals surface area contributed by atoms with Crippen LogP contribution >= 0.6 is 23.4 Å². The largest absolute Gasteiger partial charge is 0.274 e. The first kappa shape index (κ1) is 15.3. The SMILES string of the molecule is CSc1ncc(C(=O)NNC(=O)c2ccccc2)c(Cl)n1. The summed E-state index contributed by atoms with van der Waals surface area (Å²) in [5, 5.41) is 0.491. The number of hydrogen-bond donors (Lipinski definition) is 2. The van der Waals surface area contributed by atoms with E-state index in [2.05, 4.69) is 20.8 Å². The van der Waals surface area contributed by atoms with Crippen molar-refractivity contribution >= 4 is 35.2 Å². The Morgan fingerprint density at radius 2 is 1.81 bits per heavy atom. The highest BCUT2D eigenvalue weighted by molar-refractivity contribution is 7.98. The molecule has 2 N–H and O–H groups in total. The van der Waals surface area contributed by atoms with Gasteiger partial charge in [0.1, 0.15) is 5.15 Å². The first-order valence-corrected chi connectivity index (χ1v) is 7.44. The highest BCUT2D eigenvalue weighted by Crippen LogP contribution is 2.16. The van der Waals surface area contributed by atoms with Crippen LogP contribution in [-0.2, 0) is 0 Å². The summed E-state index contributed by atoms with van der Waals surface area (Å²) in [6.45, 7) is 0. The number of nitrogens with zero attached hydrogens (tertiary/aromatic N) is 2. The van der Waals surface area contributed by atoms with Gasteiger partial charge in [0.2, 0.25) is 0 Å². The summed E-state index contributed by atoms with van der Waals surface area (Å²) in [6.07, 6.45) is 3.11. The van der Waals surface area contributed by atoms with E-state index in [1.807, 2.05) is 0 Å². The molecule has 8 heteroatoms. The smallest absolute Gasteiger partial charge is 0.267 e. The van der Waals surface area contributed by atoms with Crippen LogP contribution in [0.3, 0.4) is 0 Å². The summed E-state index contributed by atoms with van der Waals surface area (Å²) in [5.74, 6) is -1.02. The molecule has 0 aliphatic heterocycles. The molecule has 21 heavy (non-hydrogen) atoms. The van der Waals surface area contributed by atoms with Gasteiger partial charge in [-0.25, -0.2) is 9.97 Å². The van der Waals surface area contributed by atoms with E-state index in [9.17, 15) is 9.59 Å². The van der Waals surface area contributed by atoms with E-state index in [4.69, 9.17) is 11.6 Å². The topological polar surface area (TPSA) is 84.0 Å². The average molecular weight is 323 g/mol. The number of benzene rings is 1. The monoisotopic (exact) mass is 322 g/mol. The number of amides is 2. The van der Waals surface area contributed by atoms with Gasteiger partial charge in [-0.05, 0) is 18.4 Å². The molecule has 108 valence electrons. The van der Waals surface area contributed by atoms with Crippen molar-refractivity contribution in [3.8, 4) is 0 Å². The Kier molecular flexibility index (Phi) is 5.13. The molecule has 0 unspecified atom stereocenters. The van der Waals surface area contributed by atoms with Gasteiger partial charge in [0.05, 0.1) is 5.56 Å². The Bertz CT molecular complexity index is 666. The third-order valence-electron chi connectivity index (χ3n) is 2.47. The summed E-state index contributed by atoms with van der Waals surface area (Å²) < 4.78 is 0. The lowest BCUT2D eigenvalue weighted by atomic mass is 10.2. The summed E-state index contributed by atoms with van der Waals surface area (Å²) >= 11 is 7.21. The molecule has 0 fully saturated rings. The van der Waals surface area contributed by atoms with Crippen molar-refractivity contribution in [2.75, 3.05) is 6.26 Å². The normalized spacial score (nSPS) is 10.0. The van der Waals surface area contributed by atoms with Crippen LogP contribution < -0.4 is 10.9 Å². The summed E-state index contributed by atoms with van der Waals surface area (Å²) in [7, 11) is 0. The van der Waals surface area contributed by atoms with E-state index in [1.54, 1.807) is 36.6 Å². The molecular weight excluding hydrogens is 312 g/mol. The van der Waals surface area contributed by atoms with Crippen LogP contribution in [0.15, 0.2) is 41.7 Å². The maximum Gasteiger partial charge on any atom is 0.274 e. The van der Waals surface area contributed by atoms with Crippen LogP contribution in [0.2, 0.25) is 5.15 Å². The quantitative estimate of drug-likeness (QED) is 0.390. The molecule has 0 aliphatic carbocycles. The van der Waals surface area contributed by atoms with E-state index in [-0.39, 0.29) is 10.7 Å². The van der Waals surface area contributed by atoms with Gasteiger partial charge in [-0.15, -0.1) is 0 Å². The zero-order valence-electron chi connectivity index (χ0n) is 11.0. The van der Waals surface area contributed by atoms with E-state index >= 15 is 0 Å². The maximum absolute atomic E-state index is 11.9. The second-order valence-electron chi connectivity index (χ2n) is 3.84. The number of aromatic nitrogens is 2. The number of hydrogen-bond acceptors (Lipinski definition) is 5. The summed E-state index contributed by atoms with van der Waals surface area (Å²) in [4.78, 5) is 31.6. The molecule has 0 saturated heterocycles. The average Bonchev–Trinajstić information content (AvgIpc) is 2.52. The van der Waals surface area contributed by atoms with Crippen molar-refractivity contribution < 1.29 is 9.59 Å². The minimum absolute atomic E-state index is 0.0285. The van der Waals surface area contributed by atoms with Gasteiger partial charge in [0.25, 0.3) is 11.8 Å². The van der Waals surface area contributed by atoms with Gasteiger partial charge >= 0.3 is 0 Å². The van der Waals surface area contributed by atoms with Gasteiger partial charge in [-0.2, -0.15) is 0 Å². The number of carbonyl (C=O) groups excluding carboxylic acids is 2. The Morgan fingerprint density at radius 3 is 2.43 bits per heavy atom. The molecule has 1 aromatic heterocycles. The molecule has 0 aliphatic rings. The molecule has 1 heterocycles. The molecule has 2 rings (SSSR count). The second kappa shape index (κ2) is 7.05. The van der Waals surface area contributed by atoms with Gasteiger partial charge in [-0.3, -0.25) is 20.4 Å². The minimum atomic E-state index is -0.586. The molecule has 0 atom stereocenters. The Morgan fingerprint density at radius 1 is 1.14 bits per heavy atom. The van der Waals surface area contributed by atoms with Crippen molar-refractivity contribution in [2.45, 2.75) is 5.16 Å². The minimum Gasteiger partial charge on any atom is -0.267 e. The first-order valence-electron chi connectivity index (χ1n) is 5.84. The lowest BCUT2D eigenvalue weighted by Gasteiger charge is -2.08. The summed E-state index contributed by atoms with van der Waals surface area (Å²) in [5.41, 5.74) is 5.08. The van der Waals surface area contributed by atoms with Gasteiger partial charge < -0.3 is 0 Å². The van der Waals surface area contributed by atoms with E-state index < -0.39 is 11.8 Å². The van der Waals surface area contributed by atoms with Crippen LogP contribution in [0.1, 0.15) is 20.7 Å². The maximum atomic E-state index is 11.9. The number of hydrazine groups is 1. The molecule has 6 nitrogen and oxygen atoms in total. The first-order chi connectivity index (χ1) is 10.1. The number of carbonyl (C=O) groups is 2. The predicted octanol–water partition coefficient (Wildman–Crippen LogP) is 1.93. The fraction of sp³-hybridized carbons (Fsp3) is 0.0769. The van der Waals surface area contributed by atoms with Crippen LogP contribution in [-0.4, -0.2) is 28.0 Å². The predicted molar refractivity (Wildman–Crippen MR) is 80.2 cm³/mol. The molecular formula is C13H11ClN4O2S. The highest BCUT2D eigenvalue weighted by atomic mass is 35.5. The fourth-order valence-electron chi connectivity index (χ4n) is 1.44. The number of thioether (sulfide) groups is 1. The lowest BCUT2D eigenvalue weighted by Crippen LogP contribution is -2.41. The van der Waals surface area contributed by atoms with Crippen LogP contribution in [0, 0.1) is 0 Å². The van der Waals surface area contributed by atoms with Crippen LogP contribution in [0.4, 0.5) is 0 Å². The zero-order chi connectivity index (χ0) is 15.2. The van der Waals surface area contributed by atoms with Gasteiger partial charge in [0.15, 0.2) is 5.16 Å². The van der Waals surface area contributed by atoms with Crippen molar-refractivity contribution in [3.05, 3.63) is 52.8 Å². The fourth-order valence-corrected chi connectivity index (χ4v) is 2.04. The molecule has 0 spiro atoms. The molecule has 2 aromatic rings. The molecule has 2 amide bonds. The Hall–Kier alpha value is -2.12. The number of rotatable bonds is 3. The molecule has 1 aromatic carbocycles. The zero-order valence-corrected chi connectivity index (χ0v) is 12.5. The Balaban J connectivity index is 2.01. The standard InChI is InChI=1S/C13H11ClN4O2S/c1-21-13-15-7-9(10(14)16-13)12(20)18-17-11(19)8-5-3-2-4-6-8/h2-7H,1H3,(H,17,19)(H,18,20). The molecule has 0 radical (unpaired) electrons. The van der Waals surface area contributed by atoms with E-state index in [1.165, 1.54) is 18.0 Å². The van der Waals surface area contributed by atoms with Gasteiger partial charge in [0, 0.05) is 11.8 Å². The van der Waals surface area contributed by atoms with Crippen LogP contribution in [0.5, 0.6) is 0 Å². The van der Waals surface area contributed by atoms with Crippen molar-refractivity contribution in [3.63, 3.8) is 0 Å². The second-order valence-corrected chi connectivity index (χ2v) is 4.97. The third kappa shape index (κ3) is 3.93. The lowest BCUT2D eigenvalue weighted by molar-refractivity contribution is 0.0846. The molecule has 0 saturated carbocycles. The Labute approximate surface area is 130 Å². The highest BCUT2D eigenvalue weighted by Gasteiger charge is 2.14. The van der Waals surface area contributed by atoms with Crippen molar-refractivity contribution in [2.24, 2.45) is 0 Å². The van der Waals surface area contributed by atoms with E-state index in [0.717, 1.165) is 0 Å². The summed E-state index contributed by atoms with van der Waals surface area (Å²) in [6, 6.07) is 8.50. The van der Waals surface area contributed by atoms with Crippen LogP contribution in [0.25, 0.3) is 0 Å². The van der Waals surface area contributed by atoms with E-state index in [0.29, 0.717) is 10.7 Å². The molecule has 0 bridgehead atoms.